The molecular weight excluding hydrogens is 286 g/mol. The van der Waals surface area contributed by atoms with Crippen LogP contribution in [-0.2, 0) is 4.74 Å². The van der Waals surface area contributed by atoms with E-state index in [-0.39, 0.29) is 18.3 Å². The van der Waals surface area contributed by atoms with Crippen LogP contribution >= 0.6 is 0 Å². The molecule has 0 saturated carbocycles. The predicted molar refractivity (Wildman–Crippen MR) is 82.9 cm³/mol. The first-order chi connectivity index (χ1) is 10.4. The minimum atomic E-state index is -0.466. The highest BCUT2D eigenvalue weighted by atomic mass is 16.5. The number of nitrogens with one attached hydrogen (secondary N) is 2. The summed E-state index contributed by atoms with van der Waals surface area (Å²) in [6.07, 6.45) is 2.88. The number of ether oxygens (including phenoxy) is 1. The third kappa shape index (κ3) is 3.80. The molecule has 3 heterocycles. The molecule has 0 spiro atoms. The summed E-state index contributed by atoms with van der Waals surface area (Å²) in [5.41, 5.74) is 0.346. The van der Waals surface area contributed by atoms with Crippen molar-refractivity contribution in [1.29, 1.82) is 0 Å². The van der Waals surface area contributed by atoms with Gasteiger partial charge >= 0.3 is 5.69 Å². The Morgan fingerprint density at radius 2 is 2.09 bits per heavy atom. The number of fused-ring (bicyclic) bond motifs is 1. The number of aliphatic hydroxyl groups is 1. The van der Waals surface area contributed by atoms with Crippen LogP contribution in [0.3, 0.4) is 0 Å². The van der Waals surface area contributed by atoms with E-state index in [0.29, 0.717) is 23.2 Å². The van der Waals surface area contributed by atoms with Crippen molar-refractivity contribution in [2.75, 3.05) is 6.61 Å². The first-order valence-corrected chi connectivity index (χ1v) is 7.26. The molecular formula is C15H21N3O4. The zero-order chi connectivity index (χ0) is 16.3. The summed E-state index contributed by atoms with van der Waals surface area (Å²) < 4.78 is 5.37. The molecule has 3 rings (SSSR count). The fraction of sp³-hybridized carbons (Fsp3) is 0.533. The lowest BCUT2D eigenvalue weighted by Crippen LogP contribution is -2.15. The lowest BCUT2D eigenvalue weighted by molar-refractivity contribution is 0.0150. The Hall–Kier alpha value is -1.99. The number of aromatic nitrogens is 3. The van der Waals surface area contributed by atoms with E-state index in [1.165, 1.54) is 6.20 Å². The average molecular weight is 307 g/mol. The predicted octanol–water partition coefficient (Wildman–Crippen LogP) is 0.712. The SMILES string of the molecule is C[C@@H]1O[C@H](CO)C[C@@H]1C.Cc1cc2cnc(=O)[nH]c2[nH]c1=O. The Kier molecular flexibility index (Phi) is 5.10. The lowest BCUT2D eigenvalue weighted by Gasteiger charge is -2.06. The largest absolute Gasteiger partial charge is 0.394 e. The van der Waals surface area contributed by atoms with E-state index in [1.807, 2.05) is 0 Å². The van der Waals surface area contributed by atoms with Crippen molar-refractivity contribution in [3.63, 3.8) is 0 Å². The Bertz CT molecular complexity index is 742. The molecule has 0 amide bonds. The number of nitrogens with zero attached hydrogens (tertiary/aromatic N) is 1. The molecule has 1 aliphatic rings. The summed E-state index contributed by atoms with van der Waals surface area (Å²) in [6.45, 7) is 6.08. The van der Waals surface area contributed by atoms with E-state index in [9.17, 15) is 9.59 Å². The zero-order valence-electron chi connectivity index (χ0n) is 12.9. The number of aryl methyl sites for hydroxylation is 1. The molecule has 0 aliphatic carbocycles. The fourth-order valence-electron chi connectivity index (χ4n) is 2.34. The first kappa shape index (κ1) is 16.4. The average Bonchev–Trinajstić information content (AvgIpc) is 2.80. The van der Waals surface area contributed by atoms with Gasteiger partial charge in [-0.3, -0.25) is 9.78 Å². The standard InChI is InChI=1S/C8H7N3O2.C7H14O2/c1-4-2-5-3-9-8(13)11-6(5)10-7(4)12;1-5-3-7(4-8)9-6(5)2/h2-3H,1H3,(H2,9,10,11,12,13);5-8H,3-4H2,1-2H3/t;5-,6-,7-/m.0/s1. The summed E-state index contributed by atoms with van der Waals surface area (Å²) in [5.74, 6) is 0.613. The first-order valence-electron chi connectivity index (χ1n) is 7.26. The summed E-state index contributed by atoms with van der Waals surface area (Å²) in [6, 6.07) is 1.68. The van der Waals surface area contributed by atoms with E-state index in [0.717, 1.165) is 11.8 Å². The molecule has 120 valence electrons. The highest BCUT2D eigenvalue weighted by Crippen LogP contribution is 2.24. The van der Waals surface area contributed by atoms with Crippen LogP contribution in [-0.4, -0.2) is 38.9 Å². The molecule has 7 heteroatoms. The summed E-state index contributed by atoms with van der Waals surface area (Å²) in [7, 11) is 0. The van der Waals surface area contributed by atoms with Crippen LogP contribution in [0.15, 0.2) is 21.9 Å². The Balaban J connectivity index is 0.000000172. The van der Waals surface area contributed by atoms with Gasteiger partial charge in [-0.1, -0.05) is 6.92 Å². The van der Waals surface area contributed by atoms with Gasteiger partial charge in [0, 0.05) is 17.1 Å². The maximum Gasteiger partial charge on any atom is 0.346 e. The van der Waals surface area contributed by atoms with Crippen LogP contribution in [0.1, 0.15) is 25.8 Å². The van der Waals surface area contributed by atoms with E-state index in [1.54, 1.807) is 13.0 Å². The van der Waals surface area contributed by atoms with Crippen LogP contribution in [0.4, 0.5) is 0 Å². The van der Waals surface area contributed by atoms with Gasteiger partial charge in [0.25, 0.3) is 5.56 Å². The second-order valence-electron chi connectivity index (χ2n) is 5.66. The molecule has 0 unspecified atom stereocenters. The lowest BCUT2D eigenvalue weighted by atomic mass is 10.0. The third-order valence-corrected chi connectivity index (χ3v) is 3.86. The highest BCUT2D eigenvalue weighted by molar-refractivity contribution is 5.73. The monoisotopic (exact) mass is 307 g/mol. The molecule has 1 aliphatic heterocycles. The maximum absolute atomic E-state index is 11.1. The van der Waals surface area contributed by atoms with E-state index < -0.39 is 5.69 Å². The Morgan fingerprint density at radius 3 is 2.64 bits per heavy atom. The van der Waals surface area contributed by atoms with Gasteiger partial charge in [0.05, 0.1) is 18.8 Å². The summed E-state index contributed by atoms with van der Waals surface area (Å²) >= 11 is 0. The van der Waals surface area contributed by atoms with Gasteiger partial charge in [0.2, 0.25) is 0 Å². The van der Waals surface area contributed by atoms with Crippen molar-refractivity contribution in [1.82, 2.24) is 15.0 Å². The van der Waals surface area contributed by atoms with Gasteiger partial charge in [-0.05, 0) is 32.3 Å². The van der Waals surface area contributed by atoms with Gasteiger partial charge in [0.1, 0.15) is 5.65 Å². The molecule has 3 atom stereocenters. The van der Waals surface area contributed by atoms with E-state index in [2.05, 4.69) is 28.8 Å². The van der Waals surface area contributed by atoms with Crippen molar-refractivity contribution in [2.45, 2.75) is 39.4 Å². The summed E-state index contributed by atoms with van der Waals surface area (Å²) in [4.78, 5) is 30.5. The smallest absolute Gasteiger partial charge is 0.346 e. The molecule has 0 aromatic carbocycles. The van der Waals surface area contributed by atoms with Crippen LogP contribution in [0.5, 0.6) is 0 Å². The minimum absolute atomic E-state index is 0.106. The number of hydrogen-bond donors (Lipinski definition) is 3. The number of H-pyrrole nitrogens is 2. The number of aromatic amines is 2. The summed E-state index contributed by atoms with van der Waals surface area (Å²) in [5, 5.41) is 9.40. The molecule has 1 saturated heterocycles. The Morgan fingerprint density at radius 1 is 1.36 bits per heavy atom. The van der Waals surface area contributed by atoms with Gasteiger partial charge in [0.15, 0.2) is 0 Å². The number of aliphatic hydroxyl groups excluding tert-OH is 1. The molecule has 1 fully saturated rings. The Labute approximate surface area is 127 Å². The molecule has 22 heavy (non-hydrogen) atoms. The van der Waals surface area contributed by atoms with Gasteiger partial charge in [-0.15, -0.1) is 0 Å². The molecule has 0 radical (unpaired) electrons. The van der Waals surface area contributed by atoms with Gasteiger partial charge in [-0.25, -0.2) is 9.78 Å². The second-order valence-corrected chi connectivity index (χ2v) is 5.66. The van der Waals surface area contributed by atoms with Crippen molar-refractivity contribution >= 4 is 11.0 Å². The number of hydrogen-bond acceptors (Lipinski definition) is 5. The van der Waals surface area contributed by atoms with E-state index >= 15 is 0 Å². The molecule has 2 aromatic rings. The van der Waals surface area contributed by atoms with Crippen molar-refractivity contribution in [2.24, 2.45) is 5.92 Å². The van der Waals surface area contributed by atoms with Gasteiger partial charge in [-0.2, -0.15) is 0 Å². The number of rotatable bonds is 1. The van der Waals surface area contributed by atoms with Crippen LogP contribution in [0, 0.1) is 12.8 Å². The fourth-order valence-corrected chi connectivity index (χ4v) is 2.34. The van der Waals surface area contributed by atoms with Crippen molar-refractivity contribution in [3.05, 3.63) is 38.7 Å². The van der Waals surface area contributed by atoms with Crippen LogP contribution in [0.25, 0.3) is 11.0 Å². The number of pyridine rings is 1. The normalized spacial score (nSPS) is 24.1. The van der Waals surface area contributed by atoms with Crippen LogP contribution in [0.2, 0.25) is 0 Å². The van der Waals surface area contributed by atoms with Crippen molar-refractivity contribution < 1.29 is 9.84 Å². The second kappa shape index (κ2) is 6.85. The molecule has 0 bridgehead atoms. The zero-order valence-corrected chi connectivity index (χ0v) is 12.9. The maximum atomic E-state index is 11.1. The minimum Gasteiger partial charge on any atom is -0.394 e. The topological polar surface area (TPSA) is 108 Å². The molecule has 2 aromatic heterocycles. The molecule has 3 N–H and O–H groups in total. The quantitative estimate of drug-likeness (QED) is 0.719. The van der Waals surface area contributed by atoms with Crippen molar-refractivity contribution in [3.8, 4) is 0 Å². The third-order valence-electron chi connectivity index (χ3n) is 3.86. The highest BCUT2D eigenvalue weighted by Gasteiger charge is 2.27. The van der Waals surface area contributed by atoms with E-state index in [4.69, 9.17) is 9.84 Å². The van der Waals surface area contributed by atoms with Crippen LogP contribution < -0.4 is 11.2 Å². The van der Waals surface area contributed by atoms with Gasteiger partial charge < -0.3 is 14.8 Å². The molecule has 7 nitrogen and oxygen atoms in total.